The molecule has 5 nitrogen and oxygen atoms in total. The molecule has 5 heteroatoms. The summed E-state index contributed by atoms with van der Waals surface area (Å²) in [7, 11) is 0. The minimum absolute atomic E-state index is 0.159. The van der Waals surface area contributed by atoms with Gasteiger partial charge in [0.25, 0.3) is 0 Å². The molecular weight excluding hydrogens is 214 g/mol. The number of nitrogens with one attached hydrogen (secondary N) is 1. The van der Waals surface area contributed by atoms with E-state index < -0.39 is 0 Å². The van der Waals surface area contributed by atoms with E-state index in [1.165, 1.54) is 25.7 Å². The smallest absolute Gasteiger partial charge is 0.0775 e. The first-order chi connectivity index (χ1) is 8.21. The Morgan fingerprint density at radius 1 is 1.53 bits per heavy atom. The summed E-state index contributed by atoms with van der Waals surface area (Å²) in [5.74, 6) is 5.78. The molecule has 0 radical (unpaired) electrons. The highest BCUT2D eigenvalue weighted by Crippen LogP contribution is 2.46. The second kappa shape index (κ2) is 5.14. The van der Waals surface area contributed by atoms with Crippen LogP contribution in [0.15, 0.2) is 6.20 Å². The highest BCUT2D eigenvalue weighted by molar-refractivity contribution is 5.09. The normalized spacial score (nSPS) is 20.6. The maximum atomic E-state index is 5.78. The van der Waals surface area contributed by atoms with Crippen LogP contribution in [0, 0.1) is 5.41 Å². The molecule has 17 heavy (non-hydrogen) atoms. The molecule has 96 valence electrons. The number of aryl methyl sites for hydroxylation is 1. The number of nitrogens with two attached hydrogens (primary N) is 1. The van der Waals surface area contributed by atoms with Crippen LogP contribution < -0.4 is 11.3 Å². The molecular formula is C12H23N5. The van der Waals surface area contributed by atoms with Crippen LogP contribution in [-0.4, -0.2) is 15.0 Å². The number of rotatable bonds is 5. The molecule has 1 atom stereocenters. The summed E-state index contributed by atoms with van der Waals surface area (Å²) in [4.78, 5) is 0. The molecule has 1 aliphatic rings. The fraction of sp³-hybridized carbons (Fsp3) is 0.833. The van der Waals surface area contributed by atoms with Crippen molar-refractivity contribution in [2.24, 2.45) is 11.3 Å². The minimum Gasteiger partial charge on any atom is -0.271 e. The van der Waals surface area contributed by atoms with E-state index in [0.717, 1.165) is 18.7 Å². The number of hydrazine groups is 1. The number of nitrogens with zero attached hydrogens (tertiary/aromatic N) is 3. The summed E-state index contributed by atoms with van der Waals surface area (Å²) >= 11 is 0. The lowest BCUT2D eigenvalue weighted by Gasteiger charge is -2.33. The Bertz CT molecular complexity index is 354. The second-order valence-electron chi connectivity index (χ2n) is 5.34. The summed E-state index contributed by atoms with van der Waals surface area (Å²) in [5, 5.41) is 8.18. The number of hydrogen-bond donors (Lipinski definition) is 2. The van der Waals surface area contributed by atoms with Gasteiger partial charge >= 0.3 is 0 Å². The Morgan fingerprint density at radius 3 is 2.82 bits per heavy atom. The molecule has 0 bridgehead atoms. The molecule has 1 aromatic rings. The highest BCUT2D eigenvalue weighted by Gasteiger charge is 2.39. The van der Waals surface area contributed by atoms with E-state index in [-0.39, 0.29) is 11.5 Å². The molecule has 0 spiro atoms. The first-order valence-electron chi connectivity index (χ1n) is 6.56. The molecule has 1 fully saturated rings. The van der Waals surface area contributed by atoms with Crippen molar-refractivity contribution < 1.29 is 0 Å². The van der Waals surface area contributed by atoms with E-state index in [9.17, 15) is 0 Å². The maximum Gasteiger partial charge on any atom is 0.0775 e. The van der Waals surface area contributed by atoms with Gasteiger partial charge in [-0.05, 0) is 24.7 Å². The predicted octanol–water partition coefficient (Wildman–Crippen LogP) is 1.77. The van der Waals surface area contributed by atoms with Crippen molar-refractivity contribution in [2.45, 2.75) is 58.5 Å². The van der Waals surface area contributed by atoms with Crippen molar-refractivity contribution in [1.82, 2.24) is 20.4 Å². The van der Waals surface area contributed by atoms with Crippen LogP contribution in [-0.2, 0) is 6.54 Å². The van der Waals surface area contributed by atoms with Gasteiger partial charge in [-0.1, -0.05) is 31.9 Å². The molecule has 1 heterocycles. The lowest BCUT2D eigenvalue weighted by atomic mass is 9.79. The molecule has 1 saturated carbocycles. The van der Waals surface area contributed by atoms with Crippen LogP contribution in [0.3, 0.4) is 0 Å². The summed E-state index contributed by atoms with van der Waals surface area (Å²) in [6.45, 7) is 5.37. The summed E-state index contributed by atoms with van der Waals surface area (Å²) in [6, 6.07) is 0.159. The van der Waals surface area contributed by atoms with Crippen LogP contribution in [0.4, 0.5) is 0 Å². The molecule has 0 saturated heterocycles. The fourth-order valence-corrected chi connectivity index (χ4v) is 2.99. The van der Waals surface area contributed by atoms with Gasteiger partial charge < -0.3 is 0 Å². The fourth-order valence-electron chi connectivity index (χ4n) is 2.99. The Morgan fingerprint density at radius 2 is 2.24 bits per heavy atom. The lowest BCUT2D eigenvalue weighted by Crippen LogP contribution is -2.40. The van der Waals surface area contributed by atoms with Crippen LogP contribution in [0.25, 0.3) is 0 Å². The molecule has 0 aliphatic heterocycles. The summed E-state index contributed by atoms with van der Waals surface area (Å²) < 4.78 is 1.98. The van der Waals surface area contributed by atoms with Crippen LogP contribution in [0.2, 0.25) is 0 Å². The third-order valence-electron chi connectivity index (χ3n) is 3.99. The summed E-state index contributed by atoms with van der Waals surface area (Å²) in [5.41, 5.74) is 4.35. The molecule has 1 aromatic heterocycles. The van der Waals surface area contributed by atoms with Gasteiger partial charge in [0.05, 0.1) is 17.9 Å². The summed E-state index contributed by atoms with van der Waals surface area (Å²) in [6.07, 6.45) is 7.94. The Balaban J connectivity index is 2.25. The third-order valence-corrected chi connectivity index (χ3v) is 3.99. The SMILES string of the molecule is CCCn1nncc1C(NN)C1(C)CCCC1. The standard InChI is InChI=1S/C12H23N5/c1-3-8-17-10(9-14-16-17)11(15-13)12(2)6-4-5-7-12/h9,11,15H,3-8,13H2,1-2H3. The predicted molar refractivity (Wildman–Crippen MR) is 67.0 cm³/mol. The van der Waals surface area contributed by atoms with Gasteiger partial charge in [0, 0.05) is 6.54 Å². The van der Waals surface area contributed by atoms with Crippen molar-refractivity contribution in [1.29, 1.82) is 0 Å². The van der Waals surface area contributed by atoms with E-state index in [2.05, 4.69) is 29.6 Å². The zero-order chi connectivity index (χ0) is 12.3. The minimum atomic E-state index is 0.159. The van der Waals surface area contributed by atoms with Crippen molar-refractivity contribution >= 4 is 0 Å². The monoisotopic (exact) mass is 237 g/mol. The Kier molecular flexibility index (Phi) is 3.79. The van der Waals surface area contributed by atoms with Crippen LogP contribution in [0.5, 0.6) is 0 Å². The second-order valence-corrected chi connectivity index (χ2v) is 5.34. The molecule has 1 unspecified atom stereocenters. The third kappa shape index (κ3) is 2.35. The Hall–Kier alpha value is -0.940. The molecule has 2 rings (SSSR count). The largest absolute Gasteiger partial charge is 0.271 e. The molecule has 3 N–H and O–H groups in total. The van der Waals surface area contributed by atoms with Crippen molar-refractivity contribution in [3.8, 4) is 0 Å². The molecule has 0 amide bonds. The first-order valence-corrected chi connectivity index (χ1v) is 6.56. The van der Waals surface area contributed by atoms with Gasteiger partial charge in [-0.2, -0.15) is 0 Å². The van der Waals surface area contributed by atoms with Gasteiger partial charge in [-0.3, -0.25) is 11.3 Å². The topological polar surface area (TPSA) is 68.8 Å². The zero-order valence-corrected chi connectivity index (χ0v) is 10.8. The van der Waals surface area contributed by atoms with Crippen molar-refractivity contribution in [3.63, 3.8) is 0 Å². The van der Waals surface area contributed by atoms with E-state index >= 15 is 0 Å². The maximum absolute atomic E-state index is 5.78. The van der Waals surface area contributed by atoms with Crippen LogP contribution in [0.1, 0.15) is 57.7 Å². The molecule has 0 aromatic carbocycles. The average Bonchev–Trinajstić information content (AvgIpc) is 2.91. The highest BCUT2D eigenvalue weighted by atomic mass is 15.4. The van der Waals surface area contributed by atoms with E-state index in [4.69, 9.17) is 5.84 Å². The van der Waals surface area contributed by atoms with E-state index in [0.29, 0.717) is 0 Å². The van der Waals surface area contributed by atoms with Crippen molar-refractivity contribution in [3.05, 3.63) is 11.9 Å². The van der Waals surface area contributed by atoms with Gasteiger partial charge in [0.1, 0.15) is 0 Å². The van der Waals surface area contributed by atoms with Gasteiger partial charge in [0.2, 0.25) is 0 Å². The average molecular weight is 237 g/mol. The first kappa shape index (κ1) is 12.5. The molecule has 1 aliphatic carbocycles. The number of aromatic nitrogens is 3. The Labute approximate surface area is 103 Å². The quantitative estimate of drug-likeness (QED) is 0.605. The van der Waals surface area contributed by atoms with Gasteiger partial charge in [0.15, 0.2) is 0 Å². The van der Waals surface area contributed by atoms with E-state index in [1.807, 2.05) is 10.9 Å². The lowest BCUT2D eigenvalue weighted by molar-refractivity contribution is 0.213. The van der Waals surface area contributed by atoms with Crippen molar-refractivity contribution in [2.75, 3.05) is 0 Å². The van der Waals surface area contributed by atoms with E-state index in [1.54, 1.807) is 0 Å². The van der Waals surface area contributed by atoms with Crippen LogP contribution >= 0.6 is 0 Å². The number of hydrogen-bond acceptors (Lipinski definition) is 4. The van der Waals surface area contributed by atoms with Gasteiger partial charge in [-0.15, -0.1) is 5.10 Å². The van der Waals surface area contributed by atoms with Gasteiger partial charge in [-0.25, -0.2) is 4.68 Å². The zero-order valence-electron chi connectivity index (χ0n) is 10.8.